The Hall–Kier alpha value is -1.92. The van der Waals surface area contributed by atoms with Crippen LogP contribution in [-0.2, 0) is 4.74 Å². The van der Waals surface area contributed by atoms with Crippen molar-refractivity contribution in [3.05, 3.63) is 52.3 Å². The van der Waals surface area contributed by atoms with Crippen LogP contribution in [0.15, 0.2) is 41.0 Å². The minimum Gasteiger partial charge on any atom is -0.383 e. The van der Waals surface area contributed by atoms with Gasteiger partial charge in [-0.3, -0.25) is 4.79 Å². The lowest BCUT2D eigenvalue weighted by molar-refractivity contribution is 0.102. The Balaban J connectivity index is 1.98. The summed E-state index contributed by atoms with van der Waals surface area (Å²) in [6.45, 7) is 3.28. The molecular formula is C16H18BrN3O2. The van der Waals surface area contributed by atoms with Gasteiger partial charge < -0.3 is 15.4 Å². The summed E-state index contributed by atoms with van der Waals surface area (Å²) in [5.41, 5.74) is 3.03. The molecular weight excluding hydrogens is 346 g/mol. The number of aromatic nitrogens is 1. The molecule has 0 unspecified atom stereocenters. The van der Waals surface area contributed by atoms with Crippen molar-refractivity contribution in [3.8, 4) is 0 Å². The average Bonchev–Trinajstić information content (AvgIpc) is 2.52. The second kappa shape index (κ2) is 7.91. The molecule has 0 aliphatic heterocycles. The van der Waals surface area contributed by atoms with Crippen molar-refractivity contribution in [3.63, 3.8) is 0 Å². The highest BCUT2D eigenvalue weighted by Crippen LogP contribution is 2.20. The van der Waals surface area contributed by atoms with Gasteiger partial charge in [-0.15, -0.1) is 0 Å². The number of benzene rings is 1. The Morgan fingerprint density at radius 1 is 1.27 bits per heavy atom. The summed E-state index contributed by atoms with van der Waals surface area (Å²) in [5.74, 6) is -0.231. The topological polar surface area (TPSA) is 63.2 Å². The molecule has 0 fully saturated rings. The van der Waals surface area contributed by atoms with Crippen LogP contribution in [-0.4, -0.2) is 31.2 Å². The van der Waals surface area contributed by atoms with Crippen LogP contribution in [0.1, 0.15) is 16.1 Å². The highest BCUT2D eigenvalue weighted by Gasteiger charge is 2.08. The molecule has 1 heterocycles. The molecule has 6 heteroatoms. The fourth-order valence-electron chi connectivity index (χ4n) is 1.85. The van der Waals surface area contributed by atoms with Gasteiger partial charge >= 0.3 is 0 Å². The Morgan fingerprint density at radius 2 is 2.05 bits per heavy atom. The molecule has 2 aromatic rings. The van der Waals surface area contributed by atoms with Crippen LogP contribution < -0.4 is 10.6 Å². The van der Waals surface area contributed by atoms with Gasteiger partial charge in [-0.05, 0) is 42.8 Å². The predicted octanol–water partition coefficient (Wildman–Crippen LogP) is 3.46. The largest absolute Gasteiger partial charge is 0.383 e. The number of hydrogen-bond donors (Lipinski definition) is 2. The number of amides is 1. The zero-order valence-electron chi connectivity index (χ0n) is 12.5. The fourth-order valence-corrected chi connectivity index (χ4v) is 2.09. The first-order chi connectivity index (χ1) is 10.6. The van der Waals surface area contributed by atoms with Crippen LogP contribution in [0, 0.1) is 6.92 Å². The number of nitrogens with zero attached hydrogens (tertiary/aromatic N) is 1. The molecule has 0 aliphatic carbocycles. The molecule has 22 heavy (non-hydrogen) atoms. The number of aryl methyl sites for hydroxylation is 1. The van der Waals surface area contributed by atoms with Gasteiger partial charge in [0.05, 0.1) is 18.5 Å². The zero-order valence-corrected chi connectivity index (χ0v) is 14.1. The van der Waals surface area contributed by atoms with E-state index in [0.717, 1.165) is 21.4 Å². The first kappa shape index (κ1) is 16.5. The van der Waals surface area contributed by atoms with Crippen molar-refractivity contribution >= 4 is 33.2 Å². The smallest absolute Gasteiger partial charge is 0.274 e. The first-order valence-electron chi connectivity index (χ1n) is 6.86. The van der Waals surface area contributed by atoms with Crippen molar-refractivity contribution < 1.29 is 9.53 Å². The van der Waals surface area contributed by atoms with Gasteiger partial charge in [0.2, 0.25) is 0 Å². The van der Waals surface area contributed by atoms with E-state index in [1.165, 1.54) is 0 Å². The molecule has 0 atom stereocenters. The molecule has 0 saturated carbocycles. The molecule has 1 aromatic heterocycles. The summed E-state index contributed by atoms with van der Waals surface area (Å²) in [7, 11) is 1.65. The summed E-state index contributed by atoms with van der Waals surface area (Å²) in [6.07, 6.45) is 1.64. The first-order valence-corrected chi connectivity index (χ1v) is 7.66. The maximum absolute atomic E-state index is 12.2. The quantitative estimate of drug-likeness (QED) is 0.771. The van der Waals surface area contributed by atoms with Gasteiger partial charge in [-0.25, -0.2) is 4.98 Å². The van der Waals surface area contributed by atoms with Gasteiger partial charge in [0.25, 0.3) is 5.91 Å². The maximum atomic E-state index is 12.2. The molecule has 5 nitrogen and oxygen atoms in total. The Kier molecular flexibility index (Phi) is 5.91. The van der Waals surface area contributed by atoms with E-state index in [4.69, 9.17) is 4.74 Å². The molecule has 0 radical (unpaired) electrons. The number of halogens is 1. The second-order valence-electron chi connectivity index (χ2n) is 4.77. The lowest BCUT2D eigenvalue weighted by Crippen LogP contribution is -2.14. The van der Waals surface area contributed by atoms with Gasteiger partial charge in [-0.2, -0.15) is 0 Å². The normalized spacial score (nSPS) is 10.3. The summed E-state index contributed by atoms with van der Waals surface area (Å²) in [6, 6.07) is 9.17. The van der Waals surface area contributed by atoms with E-state index in [1.807, 2.05) is 31.2 Å². The third-order valence-electron chi connectivity index (χ3n) is 3.05. The second-order valence-corrected chi connectivity index (χ2v) is 5.62. The summed E-state index contributed by atoms with van der Waals surface area (Å²) in [4.78, 5) is 16.3. The highest BCUT2D eigenvalue weighted by molar-refractivity contribution is 9.10. The lowest BCUT2D eigenvalue weighted by Gasteiger charge is -2.08. The summed E-state index contributed by atoms with van der Waals surface area (Å²) >= 11 is 3.43. The van der Waals surface area contributed by atoms with E-state index in [9.17, 15) is 4.79 Å². The molecule has 0 bridgehead atoms. The molecule has 0 spiro atoms. The number of nitrogens with one attached hydrogen (secondary N) is 2. The lowest BCUT2D eigenvalue weighted by atomic mass is 10.2. The third-order valence-corrected chi connectivity index (χ3v) is 3.94. The van der Waals surface area contributed by atoms with Crippen LogP contribution >= 0.6 is 15.9 Å². The number of hydrogen-bond acceptors (Lipinski definition) is 4. The predicted molar refractivity (Wildman–Crippen MR) is 91.4 cm³/mol. The number of ether oxygens (including phenoxy) is 1. The number of carbonyl (C=O) groups is 1. The van der Waals surface area contributed by atoms with E-state index >= 15 is 0 Å². The number of rotatable bonds is 6. The zero-order chi connectivity index (χ0) is 15.9. The Labute approximate surface area is 138 Å². The molecule has 2 rings (SSSR count). The van der Waals surface area contributed by atoms with Crippen molar-refractivity contribution in [2.24, 2.45) is 0 Å². The monoisotopic (exact) mass is 363 g/mol. The van der Waals surface area contributed by atoms with Crippen molar-refractivity contribution in [2.75, 3.05) is 30.9 Å². The van der Waals surface area contributed by atoms with Gasteiger partial charge in [-0.1, -0.05) is 15.9 Å². The Bertz CT molecular complexity index is 644. The highest BCUT2D eigenvalue weighted by atomic mass is 79.9. The van der Waals surface area contributed by atoms with Crippen molar-refractivity contribution in [2.45, 2.75) is 6.92 Å². The van der Waals surface area contributed by atoms with Crippen LogP contribution in [0.25, 0.3) is 0 Å². The third kappa shape index (κ3) is 4.54. The fraction of sp³-hybridized carbons (Fsp3) is 0.250. The SMILES string of the molecule is COCCNc1ccc(C(=O)Nc2ccc(Br)c(C)c2)nc1. The van der Waals surface area contributed by atoms with Crippen LogP contribution in [0.5, 0.6) is 0 Å². The number of pyridine rings is 1. The number of anilines is 2. The van der Waals surface area contributed by atoms with Crippen LogP contribution in [0.4, 0.5) is 11.4 Å². The minimum atomic E-state index is -0.231. The van der Waals surface area contributed by atoms with Gasteiger partial charge in [0, 0.05) is 23.8 Å². The number of methoxy groups -OCH3 is 1. The van der Waals surface area contributed by atoms with E-state index in [1.54, 1.807) is 19.4 Å². The van der Waals surface area contributed by atoms with Crippen molar-refractivity contribution in [1.29, 1.82) is 0 Å². The van der Waals surface area contributed by atoms with E-state index in [-0.39, 0.29) is 5.91 Å². The minimum absolute atomic E-state index is 0.231. The van der Waals surface area contributed by atoms with E-state index < -0.39 is 0 Å². The number of carbonyl (C=O) groups excluding carboxylic acids is 1. The standard InChI is InChI=1S/C16H18BrN3O2/c1-11-9-12(3-5-14(11)17)20-16(21)15-6-4-13(10-19-15)18-7-8-22-2/h3-6,9-10,18H,7-8H2,1-2H3,(H,20,21). The van der Waals surface area contributed by atoms with E-state index in [0.29, 0.717) is 18.8 Å². The van der Waals surface area contributed by atoms with Gasteiger partial charge in [0.1, 0.15) is 5.69 Å². The van der Waals surface area contributed by atoms with Crippen LogP contribution in [0.2, 0.25) is 0 Å². The molecule has 1 amide bonds. The molecule has 0 aliphatic rings. The van der Waals surface area contributed by atoms with Crippen molar-refractivity contribution in [1.82, 2.24) is 4.98 Å². The Morgan fingerprint density at radius 3 is 2.68 bits per heavy atom. The molecule has 2 N–H and O–H groups in total. The van der Waals surface area contributed by atoms with Crippen LogP contribution in [0.3, 0.4) is 0 Å². The average molecular weight is 364 g/mol. The molecule has 0 saturated heterocycles. The summed E-state index contributed by atoms with van der Waals surface area (Å²) in [5, 5.41) is 5.99. The maximum Gasteiger partial charge on any atom is 0.274 e. The van der Waals surface area contributed by atoms with Gasteiger partial charge in [0.15, 0.2) is 0 Å². The molecule has 1 aromatic carbocycles. The molecule has 116 valence electrons. The van der Waals surface area contributed by atoms with E-state index in [2.05, 4.69) is 31.5 Å². The summed E-state index contributed by atoms with van der Waals surface area (Å²) < 4.78 is 5.97.